The smallest absolute Gasteiger partial charge is 0.346 e. The van der Waals surface area contributed by atoms with Gasteiger partial charge in [-0.1, -0.05) is 32.5 Å². The molecule has 0 fully saturated rings. The molecule has 1 N–H and O–H groups in total. The average Bonchev–Trinajstić information content (AvgIpc) is 2.55. The fourth-order valence-electron chi connectivity index (χ4n) is 1.61. The Hall–Kier alpha value is -1.14. The third-order valence-electron chi connectivity index (χ3n) is 2.29. The summed E-state index contributed by atoms with van der Waals surface area (Å²) in [5, 5.41) is 10.9. The Balaban J connectivity index is 2.65. The first-order valence-electron chi connectivity index (χ1n) is 5.46. The average molecular weight is 282 g/mol. The van der Waals surface area contributed by atoms with E-state index in [-0.39, 0.29) is 4.75 Å². The van der Waals surface area contributed by atoms with Crippen molar-refractivity contribution >= 4 is 39.3 Å². The van der Waals surface area contributed by atoms with Crippen LogP contribution in [0.3, 0.4) is 0 Å². The van der Waals surface area contributed by atoms with Gasteiger partial charge in [0.2, 0.25) is 0 Å². The molecule has 0 saturated heterocycles. The molecule has 0 bridgehead atoms. The lowest BCUT2D eigenvalue weighted by molar-refractivity contribution is 0.0701. The minimum Gasteiger partial charge on any atom is -0.477 e. The molecule has 4 nitrogen and oxygen atoms in total. The summed E-state index contributed by atoms with van der Waals surface area (Å²) >= 11 is 2.84. The highest BCUT2D eigenvalue weighted by atomic mass is 32.2. The second-order valence-electron chi connectivity index (χ2n) is 4.93. The number of rotatable bonds is 2. The maximum Gasteiger partial charge on any atom is 0.346 e. The van der Waals surface area contributed by atoms with Crippen LogP contribution in [0.5, 0.6) is 0 Å². The molecule has 2 rings (SSSR count). The Labute approximate surface area is 113 Å². The number of carboxylic acid groups (broad SMARTS) is 1. The molecule has 96 valence electrons. The molecule has 2 heterocycles. The van der Waals surface area contributed by atoms with Gasteiger partial charge in [0.1, 0.15) is 21.1 Å². The monoisotopic (exact) mass is 282 g/mol. The summed E-state index contributed by atoms with van der Waals surface area (Å²) < 4.78 is 0.0268. The number of carbonyl (C=O) groups is 1. The summed E-state index contributed by atoms with van der Waals surface area (Å²) in [4.78, 5) is 20.7. The van der Waals surface area contributed by atoms with Crippen molar-refractivity contribution in [2.24, 2.45) is 0 Å². The molecule has 0 aromatic carbocycles. The van der Waals surface area contributed by atoms with E-state index in [0.29, 0.717) is 4.88 Å². The number of thioether (sulfide) groups is 1. The highest BCUT2D eigenvalue weighted by molar-refractivity contribution is 8.00. The third kappa shape index (κ3) is 2.49. The Morgan fingerprint density at radius 3 is 2.61 bits per heavy atom. The first kappa shape index (κ1) is 13.3. The maximum atomic E-state index is 11.1. The fourth-order valence-corrected chi connectivity index (χ4v) is 3.69. The summed E-state index contributed by atoms with van der Waals surface area (Å²) in [6.07, 6.45) is 1.50. The van der Waals surface area contributed by atoms with E-state index >= 15 is 0 Å². The lowest BCUT2D eigenvalue weighted by atomic mass is 10.2. The Bertz CT molecular complexity index is 614. The number of aromatic nitrogens is 2. The van der Waals surface area contributed by atoms with Gasteiger partial charge in [-0.3, -0.25) is 0 Å². The number of carboxylic acids is 1. The summed E-state index contributed by atoms with van der Waals surface area (Å²) in [6.45, 7) is 8.13. The molecule has 0 saturated carbocycles. The SMILES string of the molecule is Cc1c(C(=O)O)sc2ncnc(SC(C)(C)C)c12. The maximum absolute atomic E-state index is 11.1. The zero-order valence-corrected chi connectivity index (χ0v) is 12.3. The number of hydrogen-bond donors (Lipinski definition) is 1. The molecule has 6 heteroatoms. The Morgan fingerprint density at radius 2 is 2.06 bits per heavy atom. The van der Waals surface area contributed by atoms with E-state index in [9.17, 15) is 4.79 Å². The lowest BCUT2D eigenvalue weighted by Gasteiger charge is -2.17. The molecule has 0 atom stereocenters. The van der Waals surface area contributed by atoms with Crippen LogP contribution < -0.4 is 0 Å². The number of fused-ring (bicyclic) bond motifs is 1. The molecule has 0 amide bonds. The van der Waals surface area contributed by atoms with Gasteiger partial charge in [-0.15, -0.1) is 11.3 Å². The van der Waals surface area contributed by atoms with Crippen LogP contribution in [0.4, 0.5) is 0 Å². The highest BCUT2D eigenvalue weighted by Gasteiger charge is 2.21. The molecule has 0 aliphatic rings. The van der Waals surface area contributed by atoms with E-state index in [1.54, 1.807) is 11.8 Å². The lowest BCUT2D eigenvalue weighted by Crippen LogP contribution is -2.07. The summed E-state index contributed by atoms with van der Waals surface area (Å²) in [7, 11) is 0. The first-order chi connectivity index (χ1) is 8.29. The predicted molar refractivity (Wildman–Crippen MR) is 74.7 cm³/mol. The number of aryl methyl sites for hydroxylation is 1. The standard InChI is InChI=1S/C12H14N2O2S2/c1-6-7-9(17-8(6)11(15)16)13-5-14-10(7)18-12(2,3)4/h5H,1-4H3,(H,15,16). The van der Waals surface area contributed by atoms with Crippen LogP contribution in [0.15, 0.2) is 11.4 Å². The van der Waals surface area contributed by atoms with Gasteiger partial charge in [0.25, 0.3) is 0 Å². The Morgan fingerprint density at radius 1 is 1.39 bits per heavy atom. The quantitative estimate of drug-likeness (QED) is 0.673. The van der Waals surface area contributed by atoms with Gasteiger partial charge in [-0.05, 0) is 12.5 Å². The minimum atomic E-state index is -0.901. The van der Waals surface area contributed by atoms with Gasteiger partial charge >= 0.3 is 5.97 Å². The predicted octanol–water partition coefficient (Wildman–Crippen LogP) is 3.59. The number of aromatic carboxylic acids is 1. The highest BCUT2D eigenvalue weighted by Crippen LogP contribution is 2.39. The van der Waals surface area contributed by atoms with Crippen LogP contribution in [0.25, 0.3) is 10.2 Å². The van der Waals surface area contributed by atoms with Crippen molar-refractivity contribution in [1.82, 2.24) is 9.97 Å². The van der Waals surface area contributed by atoms with Crippen LogP contribution in [0.2, 0.25) is 0 Å². The Kier molecular flexibility index (Phi) is 3.33. The van der Waals surface area contributed by atoms with Crippen LogP contribution >= 0.6 is 23.1 Å². The topological polar surface area (TPSA) is 63.1 Å². The fraction of sp³-hybridized carbons (Fsp3) is 0.417. The molecule has 0 unspecified atom stereocenters. The largest absolute Gasteiger partial charge is 0.477 e. The zero-order chi connectivity index (χ0) is 13.5. The molecule has 2 aromatic rings. The van der Waals surface area contributed by atoms with Crippen LogP contribution in [0.1, 0.15) is 36.0 Å². The van der Waals surface area contributed by atoms with E-state index in [1.165, 1.54) is 17.7 Å². The molecule has 0 radical (unpaired) electrons. The van der Waals surface area contributed by atoms with Crippen LogP contribution in [-0.4, -0.2) is 25.8 Å². The summed E-state index contributed by atoms with van der Waals surface area (Å²) in [6, 6.07) is 0. The van der Waals surface area contributed by atoms with Crippen molar-refractivity contribution in [3.63, 3.8) is 0 Å². The molecule has 0 aliphatic carbocycles. The van der Waals surface area contributed by atoms with Crippen molar-refractivity contribution in [2.45, 2.75) is 37.5 Å². The number of nitrogens with zero attached hydrogens (tertiary/aromatic N) is 2. The van der Waals surface area contributed by atoms with Crippen molar-refractivity contribution in [1.29, 1.82) is 0 Å². The molecular weight excluding hydrogens is 268 g/mol. The van der Waals surface area contributed by atoms with Gasteiger partial charge < -0.3 is 5.11 Å². The van der Waals surface area contributed by atoms with Gasteiger partial charge in [0.05, 0.1) is 0 Å². The van der Waals surface area contributed by atoms with Gasteiger partial charge in [0.15, 0.2) is 0 Å². The first-order valence-corrected chi connectivity index (χ1v) is 7.09. The second kappa shape index (κ2) is 4.51. The second-order valence-corrected chi connectivity index (χ2v) is 7.75. The van der Waals surface area contributed by atoms with Gasteiger partial charge in [0, 0.05) is 10.1 Å². The van der Waals surface area contributed by atoms with Crippen LogP contribution in [0, 0.1) is 6.92 Å². The van der Waals surface area contributed by atoms with E-state index < -0.39 is 5.97 Å². The molecule has 2 aromatic heterocycles. The normalized spacial score (nSPS) is 12.0. The van der Waals surface area contributed by atoms with Crippen molar-refractivity contribution in [3.05, 3.63) is 16.8 Å². The van der Waals surface area contributed by atoms with Crippen molar-refractivity contribution < 1.29 is 9.90 Å². The van der Waals surface area contributed by atoms with E-state index in [4.69, 9.17) is 5.11 Å². The molecular formula is C12H14N2O2S2. The van der Waals surface area contributed by atoms with E-state index in [0.717, 1.165) is 20.8 Å². The third-order valence-corrected chi connectivity index (χ3v) is 4.59. The summed E-state index contributed by atoms with van der Waals surface area (Å²) in [5.74, 6) is -0.901. The molecule has 0 spiro atoms. The van der Waals surface area contributed by atoms with Gasteiger partial charge in [-0.25, -0.2) is 14.8 Å². The minimum absolute atomic E-state index is 0.0268. The zero-order valence-electron chi connectivity index (χ0n) is 10.6. The van der Waals surface area contributed by atoms with E-state index in [2.05, 4.69) is 30.7 Å². The molecule has 0 aliphatic heterocycles. The van der Waals surface area contributed by atoms with Crippen molar-refractivity contribution in [3.8, 4) is 0 Å². The van der Waals surface area contributed by atoms with E-state index in [1.807, 2.05) is 6.92 Å². The van der Waals surface area contributed by atoms with Crippen molar-refractivity contribution in [2.75, 3.05) is 0 Å². The van der Waals surface area contributed by atoms with Crippen LogP contribution in [-0.2, 0) is 0 Å². The molecule has 18 heavy (non-hydrogen) atoms. The number of thiophene rings is 1. The summed E-state index contributed by atoms with van der Waals surface area (Å²) in [5.41, 5.74) is 0.759. The van der Waals surface area contributed by atoms with Gasteiger partial charge in [-0.2, -0.15) is 0 Å². The number of hydrogen-bond acceptors (Lipinski definition) is 5.